The van der Waals surface area contributed by atoms with E-state index in [4.69, 9.17) is 10.5 Å². The lowest BCUT2D eigenvalue weighted by atomic mass is 10.0. The van der Waals surface area contributed by atoms with Gasteiger partial charge in [-0.25, -0.2) is 9.97 Å². The molecule has 4 N–H and O–H groups in total. The smallest absolute Gasteiger partial charge is 0.264 e. The second-order valence-corrected chi connectivity index (χ2v) is 10.2. The quantitative estimate of drug-likeness (QED) is 0.264. The van der Waals surface area contributed by atoms with Gasteiger partial charge in [0.1, 0.15) is 23.8 Å². The summed E-state index contributed by atoms with van der Waals surface area (Å²) >= 11 is 0. The van der Waals surface area contributed by atoms with Crippen LogP contribution in [0.5, 0.6) is 0 Å². The van der Waals surface area contributed by atoms with Crippen molar-refractivity contribution in [1.82, 2.24) is 29.6 Å². The van der Waals surface area contributed by atoms with Crippen molar-refractivity contribution in [3.8, 4) is 17.5 Å². The first kappa shape index (κ1) is 27.7. The third kappa shape index (κ3) is 5.43. The molecule has 1 saturated heterocycles. The van der Waals surface area contributed by atoms with Crippen molar-refractivity contribution in [1.29, 1.82) is 0 Å². The predicted octanol–water partition coefficient (Wildman–Crippen LogP) is 2.75. The molecule has 1 fully saturated rings. The Balaban J connectivity index is 1.37. The fraction of sp³-hybridized carbons (Fsp3) is 0.219. The summed E-state index contributed by atoms with van der Waals surface area (Å²) in [7, 11) is 0. The van der Waals surface area contributed by atoms with E-state index in [1.165, 1.54) is 6.33 Å². The van der Waals surface area contributed by atoms with Gasteiger partial charge >= 0.3 is 0 Å². The van der Waals surface area contributed by atoms with E-state index in [1.807, 2.05) is 48.5 Å². The Hall–Kier alpha value is -5.47. The van der Waals surface area contributed by atoms with Gasteiger partial charge in [0.05, 0.1) is 18.0 Å². The standard InChI is InChI=1S/C32H29N7O4/c1-20(37-31(41)27-28(33)36-19-38-16-15-34-29(27)38)24-18-22-9-5-8-21(10-6-14-35-30(40)25-13-7-17-43-25)26(22)32(42)39(24)23-11-3-2-4-12-23/h2-5,8-9,11-12,15-16,18-20,25H,7,13-14,17,33H2,1H3,(H,35,40)(H,37,41)/t20-,25-/m1/s1. The number of benzene rings is 2. The van der Waals surface area contributed by atoms with Crippen LogP contribution in [-0.4, -0.2) is 50.0 Å². The van der Waals surface area contributed by atoms with Crippen molar-refractivity contribution < 1.29 is 14.3 Å². The number of nitrogen functional groups attached to an aromatic ring is 1. The maximum Gasteiger partial charge on any atom is 0.264 e. The van der Waals surface area contributed by atoms with Crippen LogP contribution in [0.1, 0.15) is 47.4 Å². The summed E-state index contributed by atoms with van der Waals surface area (Å²) in [6, 6.07) is 15.9. The summed E-state index contributed by atoms with van der Waals surface area (Å²) in [6.45, 7) is 2.52. The van der Waals surface area contributed by atoms with Gasteiger partial charge < -0.3 is 21.1 Å². The first-order valence-corrected chi connectivity index (χ1v) is 13.9. The van der Waals surface area contributed by atoms with Gasteiger partial charge in [0.25, 0.3) is 11.5 Å². The van der Waals surface area contributed by atoms with Gasteiger partial charge in [-0.2, -0.15) is 0 Å². The highest BCUT2D eigenvalue weighted by atomic mass is 16.5. The lowest BCUT2D eigenvalue weighted by Crippen LogP contribution is -2.34. The number of carbonyl (C=O) groups excluding carboxylic acids is 2. The Labute approximate surface area is 246 Å². The van der Waals surface area contributed by atoms with Crippen molar-refractivity contribution in [3.63, 3.8) is 0 Å². The molecule has 6 rings (SSSR count). The maximum absolute atomic E-state index is 14.2. The van der Waals surface area contributed by atoms with E-state index in [2.05, 4.69) is 32.4 Å². The largest absolute Gasteiger partial charge is 0.383 e. The van der Waals surface area contributed by atoms with Gasteiger partial charge in [0.2, 0.25) is 5.91 Å². The molecule has 43 heavy (non-hydrogen) atoms. The number of amides is 2. The highest BCUT2D eigenvalue weighted by molar-refractivity contribution is 6.04. The van der Waals surface area contributed by atoms with Crippen LogP contribution in [0.15, 0.2) is 78.1 Å². The van der Waals surface area contributed by atoms with Crippen LogP contribution in [0.2, 0.25) is 0 Å². The number of nitrogens with two attached hydrogens (primary N) is 1. The number of hydrogen-bond acceptors (Lipinski definition) is 7. The highest BCUT2D eigenvalue weighted by Crippen LogP contribution is 2.24. The number of rotatable bonds is 6. The van der Waals surface area contributed by atoms with Crippen LogP contribution in [-0.2, 0) is 9.53 Å². The van der Waals surface area contributed by atoms with E-state index in [0.717, 1.165) is 6.42 Å². The number of fused-ring (bicyclic) bond motifs is 2. The molecule has 2 aromatic carbocycles. The average molecular weight is 576 g/mol. The van der Waals surface area contributed by atoms with E-state index in [0.29, 0.717) is 46.4 Å². The summed E-state index contributed by atoms with van der Waals surface area (Å²) in [5, 5.41) is 6.86. The van der Waals surface area contributed by atoms with Crippen LogP contribution in [0.4, 0.5) is 5.82 Å². The van der Waals surface area contributed by atoms with Crippen LogP contribution in [0.3, 0.4) is 0 Å². The molecule has 2 atom stereocenters. The fourth-order valence-electron chi connectivity index (χ4n) is 5.28. The van der Waals surface area contributed by atoms with E-state index >= 15 is 0 Å². The molecule has 216 valence electrons. The molecule has 0 bridgehead atoms. The zero-order chi connectivity index (χ0) is 29.9. The molecule has 5 aromatic rings. The maximum atomic E-state index is 14.2. The third-order valence-electron chi connectivity index (χ3n) is 7.37. The first-order chi connectivity index (χ1) is 20.9. The topological polar surface area (TPSA) is 146 Å². The van der Waals surface area contributed by atoms with E-state index in [-0.39, 0.29) is 29.4 Å². The highest BCUT2D eigenvalue weighted by Gasteiger charge is 2.24. The van der Waals surface area contributed by atoms with Gasteiger partial charge in [0.15, 0.2) is 5.65 Å². The number of ether oxygens (including phenoxy) is 1. The van der Waals surface area contributed by atoms with Crippen molar-refractivity contribution in [3.05, 3.63) is 100 Å². The summed E-state index contributed by atoms with van der Waals surface area (Å²) < 4.78 is 8.61. The first-order valence-electron chi connectivity index (χ1n) is 13.9. The van der Waals surface area contributed by atoms with E-state index in [9.17, 15) is 14.4 Å². The average Bonchev–Trinajstić information content (AvgIpc) is 3.72. The van der Waals surface area contributed by atoms with Gasteiger partial charge in [-0.1, -0.05) is 42.2 Å². The number of imidazole rings is 1. The summed E-state index contributed by atoms with van der Waals surface area (Å²) in [5.74, 6) is 5.43. The van der Waals surface area contributed by atoms with Crippen LogP contribution >= 0.6 is 0 Å². The minimum Gasteiger partial charge on any atom is -0.383 e. The molecule has 1 aliphatic rings. The SMILES string of the molecule is C[C@@H](NC(=O)c1c(N)ncn2ccnc12)c1cc2cccc(C#CCNC(=O)[C@H]3CCCO3)c2c(=O)n1-c1ccccc1. The zero-order valence-corrected chi connectivity index (χ0v) is 23.4. The van der Waals surface area contributed by atoms with E-state index < -0.39 is 18.1 Å². The second-order valence-electron chi connectivity index (χ2n) is 10.2. The second kappa shape index (κ2) is 11.8. The Morgan fingerprint density at radius 2 is 2.00 bits per heavy atom. The number of nitrogens with zero attached hydrogens (tertiary/aromatic N) is 4. The molecular weight excluding hydrogens is 546 g/mol. The molecular formula is C32H29N7O4. The third-order valence-corrected chi connectivity index (χ3v) is 7.37. The minimum atomic E-state index is -0.609. The normalized spacial score (nSPS) is 15.1. The molecule has 3 aromatic heterocycles. The number of nitrogens with one attached hydrogen (secondary N) is 2. The van der Waals surface area contributed by atoms with Crippen LogP contribution in [0.25, 0.3) is 22.1 Å². The molecule has 2 amide bonds. The lowest BCUT2D eigenvalue weighted by molar-refractivity contribution is -0.129. The number of para-hydroxylation sites is 1. The van der Waals surface area contributed by atoms with Gasteiger partial charge in [-0.15, -0.1) is 0 Å². The summed E-state index contributed by atoms with van der Waals surface area (Å²) in [6.07, 6.45) is 5.86. The van der Waals surface area contributed by atoms with Gasteiger partial charge in [-0.3, -0.25) is 23.4 Å². The number of aromatic nitrogens is 4. The van der Waals surface area contributed by atoms with Crippen molar-refractivity contribution in [2.24, 2.45) is 0 Å². The molecule has 0 spiro atoms. The molecule has 4 heterocycles. The minimum absolute atomic E-state index is 0.0533. The van der Waals surface area contributed by atoms with Crippen molar-refractivity contribution in [2.45, 2.75) is 31.9 Å². The molecule has 0 unspecified atom stereocenters. The Bertz CT molecular complexity index is 1960. The zero-order valence-electron chi connectivity index (χ0n) is 23.4. The number of hydrogen-bond donors (Lipinski definition) is 3. The van der Waals surface area contributed by atoms with Gasteiger partial charge in [-0.05, 0) is 49.4 Å². The lowest BCUT2D eigenvalue weighted by Gasteiger charge is -2.21. The molecule has 0 saturated carbocycles. The van der Waals surface area contributed by atoms with Crippen LogP contribution < -0.4 is 21.9 Å². The number of carbonyl (C=O) groups is 2. The predicted molar refractivity (Wildman–Crippen MR) is 162 cm³/mol. The molecule has 0 aliphatic carbocycles. The monoisotopic (exact) mass is 575 g/mol. The molecule has 11 nitrogen and oxygen atoms in total. The number of pyridine rings is 1. The van der Waals surface area contributed by atoms with E-state index in [1.54, 1.807) is 34.4 Å². The Kier molecular flexibility index (Phi) is 7.59. The Morgan fingerprint density at radius 1 is 1.16 bits per heavy atom. The summed E-state index contributed by atoms with van der Waals surface area (Å²) in [5.41, 5.74) is 8.05. The fourth-order valence-corrected chi connectivity index (χ4v) is 5.28. The van der Waals surface area contributed by atoms with Crippen molar-refractivity contribution in [2.75, 3.05) is 18.9 Å². The molecule has 11 heteroatoms. The van der Waals surface area contributed by atoms with Crippen molar-refractivity contribution >= 4 is 34.1 Å². The molecule has 0 radical (unpaired) electrons. The van der Waals surface area contributed by atoms with Gasteiger partial charge in [0, 0.05) is 35.9 Å². The van der Waals surface area contributed by atoms with Crippen LogP contribution in [0, 0.1) is 11.8 Å². The number of anilines is 1. The Morgan fingerprint density at radius 3 is 2.79 bits per heavy atom. The molecule has 1 aliphatic heterocycles. The summed E-state index contributed by atoms with van der Waals surface area (Å²) in [4.78, 5) is 48.3.